The predicted octanol–water partition coefficient (Wildman–Crippen LogP) is 0.939. The first-order chi connectivity index (χ1) is 10.8. The highest BCUT2D eigenvalue weighted by Crippen LogP contribution is 2.22. The molecule has 2 N–H and O–H groups in total. The van der Waals surface area contributed by atoms with Gasteiger partial charge in [0.1, 0.15) is 6.54 Å². The Morgan fingerprint density at radius 2 is 2.00 bits per heavy atom. The minimum absolute atomic E-state index is 0.125. The Hall–Kier alpha value is -2.63. The van der Waals surface area contributed by atoms with E-state index in [1.54, 1.807) is 0 Å². The van der Waals surface area contributed by atoms with Crippen molar-refractivity contribution in [3.8, 4) is 0 Å². The fourth-order valence-electron chi connectivity index (χ4n) is 2.27. The number of aromatic nitrogens is 2. The SMILES string of the molecule is Cc1cccc(C(C)(C)CNC(=O)Cn2ccc(=O)[nH]c2=O)c1. The fraction of sp³-hybridized carbons (Fsp3) is 0.353. The number of nitrogens with one attached hydrogen (secondary N) is 2. The molecule has 0 atom stereocenters. The van der Waals surface area contributed by atoms with Gasteiger partial charge in [-0.15, -0.1) is 0 Å². The summed E-state index contributed by atoms with van der Waals surface area (Å²) in [7, 11) is 0. The molecule has 6 nitrogen and oxygen atoms in total. The zero-order valence-corrected chi connectivity index (χ0v) is 13.6. The Morgan fingerprint density at radius 3 is 2.65 bits per heavy atom. The van der Waals surface area contributed by atoms with Gasteiger partial charge in [0.05, 0.1) is 0 Å². The van der Waals surface area contributed by atoms with Crippen LogP contribution in [0.2, 0.25) is 0 Å². The molecular weight excluding hydrogens is 294 g/mol. The first kappa shape index (κ1) is 16.7. The molecule has 0 unspecified atom stereocenters. The van der Waals surface area contributed by atoms with Crippen molar-refractivity contribution in [3.63, 3.8) is 0 Å². The smallest absolute Gasteiger partial charge is 0.328 e. The summed E-state index contributed by atoms with van der Waals surface area (Å²) in [6, 6.07) is 9.37. The van der Waals surface area contributed by atoms with Gasteiger partial charge in [-0.3, -0.25) is 19.1 Å². The van der Waals surface area contributed by atoms with E-state index in [0.717, 1.165) is 10.1 Å². The third-order valence-corrected chi connectivity index (χ3v) is 3.74. The van der Waals surface area contributed by atoms with Gasteiger partial charge in [-0.2, -0.15) is 0 Å². The van der Waals surface area contributed by atoms with Crippen LogP contribution in [0.1, 0.15) is 25.0 Å². The normalized spacial score (nSPS) is 11.3. The van der Waals surface area contributed by atoms with Crippen LogP contribution >= 0.6 is 0 Å². The maximum absolute atomic E-state index is 12.0. The molecule has 23 heavy (non-hydrogen) atoms. The number of hydrogen-bond acceptors (Lipinski definition) is 3. The van der Waals surface area contributed by atoms with E-state index in [0.29, 0.717) is 6.54 Å². The van der Waals surface area contributed by atoms with Crippen LogP contribution in [0.4, 0.5) is 0 Å². The molecule has 1 heterocycles. The predicted molar refractivity (Wildman–Crippen MR) is 88.5 cm³/mol. The van der Waals surface area contributed by atoms with Crippen molar-refractivity contribution in [3.05, 3.63) is 68.5 Å². The lowest BCUT2D eigenvalue weighted by Crippen LogP contribution is -2.40. The molecule has 6 heteroatoms. The lowest BCUT2D eigenvalue weighted by Gasteiger charge is -2.26. The number of aromatic amines is 1. The van der Waals surface area contributed by atoms with Gasteiger partial charge >= 0.3 is 5.69 Å². The van der Waals surface area contributed by atoms with Crippen LogP contribution in [0, 0.1) is 6.92 Å². The molecule has 0 bridgehead atoms. The van der Waals surface area contributed by atoms with Crippen molar-refractivity contribution in [2.24, 2.45) is 0 Å². The number of hydrogen-bond donors (Lipinski definition) is 2. The van der Waals surface area contributed by atoms with Crippen LogP contribution in [-0.4, -0.2) is 22.0 Å². The molecule has 0 saturated heterocycles. The Morgan fingerprint density at radius 1 is 1.26 bits per heavy atom. The molecule has 0 saturated carbocycles. The summed E-state index contributed by atoms with van der Waals surface area (Å²) in [5.74, 6) is -0.278. The second kappa shape index (κ2) is 6.64. The second-order valence-electron chi connectivity index (χ2n) is 6.27. The third kappa shape index (κ3) is 4.42. The Balaban J connectivity index is 2.01. The molecule has 0 aliphatic heterocycles. The van der Waals surface area contributed by atoms with E-state index in [-0.39, 0.29) is 17.9 Å². The van der Waals surface area contributed by atoms with Crippen LogP contribution in [0.3, 0.4) is 0 Å². The van der Waals surface area contributed by atoms with Crippen molar-refractivity contribution in [2.45, 2.75) is 32.7 Å². The fourth-order valence-corrected chi connectivity index (χ4v) is 2.27. The molecule has 0 fully saturated rings. The summed E-state index contributed by atoms with van der Waals surface area (Å²) in [6.07, 6.45) is 1.31. The summed E-state index contributed by atoms with van der Waals surface area (Å²) in [6.45, 7) is 6.45. The number of carbonyl (C=O) groups is 1. The molecular formula is C17H21N3O3. The number of nitrogens with zero attached hydrogens (tertiary/aromatic N) is 1. The van der Waals surface area contributed by atoms with E-state index in [4.69, 9.17) is 0 Å². The molecule has 0 aliphatic rings. The highest BCUT2D eigenvalue weighted by Gasteiger charge is 2.21. The lowest BCUT2D eigenvalue weighted by molar-refractivity contribution is -0.121. The minimum atomic E-state index is -0.592. The average Bonchev–Trinajstić information content (AvgIpc) is 2.48. The van der Waals surface area contributed by atoms with E-state index in [1.165, 1.54) is 17.8 Å². The molecule has 1 amide bonds. The van der Waals surface area contributed by atoms with Gasteiger partial charge < -0.3 is 5.32 Å². The molecule has 1 aromatic carbocycles. The van der Waals surface area contributed by atoms with Crippen LogP contribution in [0.15, 0.2) is 46.1 Å². The summed E-state index contributed by atoms with van der Waals surface area (Å²) < 4.78 is 1.16. The van der Waals surface area contributed by atoms with Gasteiger partial charge in [0.15, 0.2) is 0 Å². The molecule has 122 valence electrons. The van der Waals surface area contributed by atoms with Crippen molar-refractivity contribution >= 4 is 5.91 Å². The van der Waals surface area contributed by atoms with Gasteiger partial charge in [0.25, 0.3) is 5.56 Å². The number of H-pyrrole nitrogens is 1. The van der Waals surface area contributed by atoms with Crippen LogP contribution in [0.5, 0.6) is 0 Å². The monoisotopic (exact) mass is 315 g/mol. The zero-order valence-electron chi connectivity index (χ0n) is 13.6. The highest BCUT2D eigenvalue weighted by molar-refractivity contribution is 5.75. The van der Waals surface area contributed by atoms with Crippen LogP contribution < -0.4 is 16.6 Å². The number of aryl methyl sites for hydroxylation is 1. The number of rotatable bonds is 5. The maximum atomic E-state index is 12.0. The van der Waals surface area contributed by atoms with Crippen molar-refractivity contribution in [1.29, 1.82) is 0 Å². The zero-order chi connectivity index (χ0) is 17.0. The summed E-state index contributed by atoms with van der Waals surface area (Å²) in [4.78, 5) is 36.7. The Kier molecular flexibility index (Phi) is 4.83. The molecule has 2 aromatic rings. The Bertz CT molecular complexity index is 818. The standard InChI is InChI=1S/C17H21N3O3/c1-12-5-4-6-13(9-12)17(2,3)11-18-15(22)10-20-8-7-14(21)19-16(20)23/h4-9H,10-11H2,1-3H3,(H,18,22)(H,19,21,23). The van der Waals surface area contributed by atoms with E-state index in [1.807, 2.05) is 39.0 Å². The summed E-state index contributed by atoms with van der Waals surface area (Å²) >= 11 is 0. The molecule has 1 aromatic heterocycles. The highest BCUT2D eigenvalue weighted by atomic mass is 16.2. The molecule has 0 aliphatic carbocycles. The Labute approximate surface area is 134 Å². The molecule has 0 radical (unpaired) electrons. The average molecular weight is 315 g/mol. The molecule has 2 rings (SSSR count). The van der Waals surface area contributed by atoms with Gasteiger partial charge in [0.2, 0.25) is 5.91 Å². The minimum Gasteiger partial charge on any atom is -0.354 e. The quantitative estimate of drug-likeness (QED) is 0.861. The van der Waals surface area contributed by atoms with E-state index in [2.05, 4.69) is 16.4 Å². The van der Waals surface area contributed by atoms with Gasteiger partial charge in [-0.25, -0.2) is 4.79 Å². The van der Waals surface area contributed by atoms with E-state index in [9.17, 15) is 14.4 Å². The number of carbonyl (C=O) groups excluding carboxylic acids is 1. The van der Waals surface area contributed by atoms with E-state index >= 15 is 0 Å². The third-order valence-electron chi connectivity index (χ3n) is 3.74. The number of benzene rings is 1. The first-order valence-electron chi connectivity index (χ1n) is 7.41. The van der Waals surface area contributed by atoms with Gasteiger partial charge in [-0.1, -0.05) is 43.7 Å². The van der Waals surface area contributed by atoms with Crippen molar-refractivity contribution in [1.82, 2.24) is 14.9 Å². The van der Waals surface area contributed by atoms with Crippen molar-refractivity contribution in [2.75, 3.05) is 6.54 Å². The van der Waals surface area contributed by atoms with Gasteiger partial charge in [-0.05, 0) is 12.5 Å². The summed E-state index contributed by atoms with van der Waals surface area (Å²) in [5, 5.41) is 2.84. The van der Waals surface area contributed by atoms with Crippen LogP contribution in [0.25, 0.3) is 0 Å². The topological polar surface area (TPSA) is 84.0 Å². The van der Waals surface area contributed by atoms with Gasteiger partial charge in [0, 0.05) is 24.2 Å². The lowest BCUT2D eigenvalue weighted by atomic mass is 9.84. The second-order valence-corrected chi connectivity index (χ2v) is 6.27. The molecule has 0 spiro atoms. The van der Waals surface area contributed by atoms with Crippen LogP contribution in [-0.2, 0) is 16.8 Å². The summed E-state index contributed by atoms with van der Waals surface area (Å²) in [5.41, 5.74) is 1.01. The maximum Gasteiger partial charge on any atom is 0.328 e. The largest absolute Gasteiger partial charge is 0.354 e. The first-order valence-corrected chi connectivity index (χ1v) is 7.41. The number of amides is 1. The van der Waals surface area contributed by atoms with Crippen molar-refractivity contribution < 1.29 is 4.79 Å². The van der Waals surface area contributed by atoms with E-state index < -0.39 is 11.2 Å².